The van der Waals surface area contributed by atoms with Crippen LogP contribution in [-0.2, 0) is 27.7 Å². The number of benzene rings is 1. The predicted octanol–water partition coefficient (Wildman–Crippen LogP) is 4.08. The Morgan fingerprint density at radius 2 is 1.68 bits per heavy atom. The van der Waals surface area contributed by atoms with Crippen LogP contribution in [-0.4, -0.2) is 68.3 Å². The smallest absolute Gasteiger partial charge is 0.414 e. The standard InChI is InChI=1S/C26H36N4O6S2/c1-5-14-30(15-6-2)38(34,35)19-11-9-18(10-12-19)23(31)27-25-22(24(32)28-26(33)36-8-4)20-13-16-29(7-3)17-21(20)37-25/h9-12H,5-8,13-17H2,1-4H3,(H,27,31)(H,28,32,33). The summed E-state index contributed by atoms with van der Waals surface area (Å²) in [5.41, 5.74) is 1.32. The van der Waals surface area contributed by atoms with Gasteiger partial charge in [-0.25, -0.2) is 13.2 Å². The second kappa shape index (κ2) is 13.3. The molecule has 0 unspecified atom stereocenters. The van der Waals surface area contributed by atoms with Gasteiger partial charge >= 0.3 is 6.09 Å². The number of imide groups is 1. The number of alkyl carbamates (subject to hydrolysis) is 1. The Labute approximate surface area is 228 Å². The first-order valence-electron chi connectivity index (χ1n) is 12.9. The lowest BCUT2D eigenvalue weighted by molar-refractivity contribution is 0.0924. The van der Waals surface area contributed by atoms with Gasteiger partial charge in [-0.2, -0.15) is 4.31 Å². The van der Waals surface area contributed by atoms with Gasteiger partial charge in [-0.3, -0.25) is 19.8 Å². The van der Waals surface area contributed by atoms with Crippen LogP contribution in [0.25, 0.3) is 0 Å². The first-order valence-corrected chi connectivity index (χ1v) is 15.2. The highest BCUT2D eigenvalue weighted by Crippen LogP contribution is 2.37. The summed E-state index contributed by atoms with van der Waals surface area (Å²) >= 11 is 1.31. The van der Waals surface area contributed by atoms with E-state index < -0.39 is 27.9 Å². The Morgan fingerprint density at radius 3 is 2.26 bits per heavy atom. The molecule has 10 nitrogen and oxygen atoms in total. The maximum atomic E-state index is 13.1. The number of hydrogen-bond donors (Lipinski definition) is 2. The number of fused-ring (bicyclic) bond motifs is 1. The number of anilines is 1. The summed E-state index contributed by atoms with van der Waals surface area (Å²) < 4.78 is 32.4. The molecule has 3 rings (SSSR count). The molecule has 0 saturated carbocycles. The van der Waals surface area contributed by atoms with E-state index in [4.69, 9.17) is 4.74 Å². The Bertz CT molecular complexity index is 1250. The van der Waals surface area contributed by atoms with E-state index in [0.717, 1.165) is 23.5 Å². The molecule has 0 aliphatic carbocycles. The molecule has 0 atom stereocenters. The minimum absolute atomic E-state index is 0.121. The van der Waals surface area contributed by atoms with Crippen molar-refractivity contribution in [1.82, 2.24) is 14.5 Å². The predicted molar refractivity (Wildman–Crippen MR) is 147 cm³/mol. The Hall–Kier alpha value is -2.80. The van der Waals surface area contributed by atoms with Crippen molar-refractivity contribution in [2.24, 2.45) is 0 Å². The molecule has 0 saturated heterocycles. The van der Waals surface area contributed by atoms with E-state index in [-0.39, 0.29) is 22.6 Å². The topological polar surface area (TPSA) is 125 Å². The molecule has 2 N–H and O–H groups in total. The number of carbonyl (C=O) groups is 3. The number of thiophene rings is 1. The zero-order chi connectivity index (χ0) is 27.9. The summed E-state index contributed by atoms with van der Waals surface area (Å²) in [5.74, 6) is -1.11. The molecule has 0 bridgehead atoms. The largest absolute Gasteiger partial charge is 0.450 e. The van der Waals surface area contributed by atoms with Crippen LogP contribution in [0.3, 0.4) is 0 Å². The fourth-order valence-electron chi connectivity index (χ4n) is 4.33. The summed E-state index contributed by atoms with van der Waals surface area (Å²) in [5, 5.41) is 5.39. The Kier molecular flexibility index (Phi) is 10.4. The van der Waals surface area contributed by atoms with E-state index in [0.29, 0.717) is 43.9 Å². The zero-order valence-electron chi connectivity index (χ0n) is 22.3. The first-order chi connectivity index (χ1) is 18.2. The van der Waals surface area contributed by atoms with E-state index in [1.165, 1.54) is 39.9 Å². The lowest BCUT2D eigenvalue weighted by atomic mass is 10.0. The minimum atomic E-state index is -3.67. The van der Waals surface area contributed by atoms with Gasteiger partial charge in [0, 0.05) is 36.6 Å². The number of nitrogens with zero attached hydrogens (tertiary/aromatic N) is 2. The van der Waals surface area contributed by atoms with E-state index in [2.05, 4.69) is 22.5 Å². The fraction of sp³-hybridized carbons (Fsp3) is 0.500. The van der Waals surface area contributed by atoms with E-state index in [1.807, 2.05) is 13.8 Å². The number of nitrogens with one attached hydrogen (secondary N) is 2. The zero-order valence-corrected chi connectivity index (χ0v) is 24.0. The quantitative estimate of drug-likeness (QED) is 0.421. The molecule has 0 fully saturated rings. The lowest BCUT2D eigenvalue weighted by Crippen LogP contribution is -2.34. The van der Waals surface area contributed by atoms with Crippen LogP contribution >= 0.6 is 11.3 Å². The number of hydrogen-bond acceptors (Lipinski definition) is 8. The van der Waals surface area contributed by atoms with Crippen molar-refractivity contribution in [2.45, 2.75) is 58.4 Å². The molecule has 2 heterocycles. The van der Waals surface area contributed by atoms with Crippen molar-refractivity contribution in [3.8, 4) is 0 Å². The van der Waals surface area contributed by atoms with E-state index in [9.17, 15) is 22.8 Å². The van der Waals surface area contributed by atoms with Crippen LogP contribution in [0.5, 0.6) is 0 Å². The molecule has 12 heteroatoms. The van der Waals surface area contributed by atoms with Gasteiger partial charge in [0.25, 0.3) is 11.8 Å². The van der Waals surface area contributed by atoms with E-state index in [1.54, 1.807) is 6.92 Å². The average Bonchev–Trinajstić information content (AvgIpc) is 3.25. The molecule has 1 aromatic carbocycles. The SMILES string of the molecule is CCCN(CCC)S(=O)(=O)c1ccc(C(=O)Nc2sc3c(c2C(=O)NC(=O)OCC)CCN(CC)C3)cc1. The Balaban J connectivity index is 1.86. The van der Waals surface area contributed by atoms with Crippen molar-refractivity contribution >= 4 is 44.3 Å². The number of likely N-dealkylation sites (N-methyl/N-ethyl adjacent to an activating group) is 1. The van der Waals surface area contributed by atoms with Gasteiger partial charge in [-0.1, -0.05) is 20.8 Å². The number of carbonyl (C=O) groups excluding carboxylic acids is 3. The average molecular weight is 565 g/mol. The fourth-order valence-corrected chi connectivity index (χ4v) is 7.24. The maximum absolute atomic E-state index is 13.1. The van der Waals surface area contributed by atoms with Gasteiger partial charge in [-0.15, -0.1) is 11.3 Å². The summed E-state index contributed by atoms with van der Waals surface area (Å²) in [6, 6.07) is 5.77. The maximum Gasteiger partial charge on any atom is 0.414 e. The van der Waals surface area contributed by atoms with Crippen LogP contribution in [0.4, 0.5) is 9.80 Å². The summed E-state index contributed by atoms with van der Waals surface area (Å²) in [7, 11) is -3.67. The van der Waals surface area contributed by atoms with Gasteiger partial charge < -0.3 is 10.1 Å². The van der Waals surface area contributed by atoms with Gasteiger partial charge in [-0.05, 0) is 62.6 Å². The van der Waals surface area contributed by atoms with Crippen molar-refractivity contribution < 1.29 is 27.5 Å². The lowest BCUT2D eigenvalue weighted by Gasteiger charge is -2.25. The van der Waals surface area contributed by atoms with Crippen molar-refractivity contribution in [3.63, 3.8) is 0 Å². The van der Waals surface area contributed by atoms with E-state index >= 15 is 0 Å². The summed E-state index contributed by atoms with van der Waals surface area (Å²) in [6.45, 7) is 10.8. The second-order valence-electron chi connectivity index (χ2n) is 8.88. The molecular weight excluding hydrogens is 528 g/mol. The van der Waals surface area contributed by atoms with Crippen molar-refractivity contribution in [2.75, 3.05) is 38.1 Å². The molecule has 208 valence electrons. The highest BCUT2D eigenvalue weighted by Gasteiger charge is 2.30. The van der Waals surface area contributed by atoms with Crippen LogP contribution in [0.2, 0.25) is 0 Å². The van der Waals surface area contributed by atoms with Gasteiger partial charge in [0.2, 0.25) is 10.0 Å². The number of rotatable bonds is 11. The highest BCUT2D eigenvalue weighted by atomic mass is 32.2. The molecule has 3 amide bonds. The van der Waals surface area contributed by atoms with Crippen LogP contribution in [0.1, 0.15) is 71.7 Å². The van der Waals surface area contributed by atoms with Gasteiger partial charge in [0.1, 0.15) is 5.00 Å². The number of ether oxygens (including phenoxy) is 1. The molecule has 38 heavy (non-hydrogen) atoms. The second-order valence-corrected chi connectivity index (χ2v) is 11.9. The van der Waals surface area contributed by atoms with Gasteiger partial charge in [0.15, 0.2) is 0 Å². The molecule has 1 aliphatic heterocycles. The molecule has 0 radical (unpaired) electrons. The highest BCUT2D eigenvalue weighted by molar-refractivity contribution is 7.89. The summed E-state index contributed by atoms with van der Waals surface area (Å²) in [6.07, 6.45) is 1.16. The van der Waals surface area contributed by atoms with Crippen molar-refractivity contribution in [3.05, 3.63) is 45.8 Å². The van der Waals surface area contributed by atoms with Gasteiger partial charge in [0.05, 0.1) is 17.1 Å². The van der Waals surface area contributed by atoms with Crippen LogP contribution in [0, 0.1) is 0 Å². The Morgan fingerprint density at radius 1 is 1.03 bits per heavy atom. The third kappa shape index (κ3) is 6.79. The molecule has 1 aromatic heterocycles. The molecule has 2 aromatic rings. The molecular formula is C26H36N4O6S2. The molecule has 1 aliphatic rings. The minimum Gasteiger partial charge on any atom is -0.450 e. The normalized spacial score (nSPS) is 13.7. The number of sulfonamides is 1. The third-order valence-corrected chi connectivity index (χ3v) is 9.27. The third-order valence-electron chi connectivity index (χ3n) is 6.23. The van der Waals surface area contributed by atoms with Crippen LogP contribution in [0.15, 0.2) is 29.2 Å². The monoisotopic (exact) mass is 564 g/mol. The van der Waals surface area contributed by atoms with Crippen molar-refractivity contribution in [1.29, 1.82) is 0 Å². The number of amides is 3. The van der Waals surface area contributed by atoms with Crippen LogP contribution < -0.4 is 10.6 Å². The summed E-state index contributed by atoms with van der Waals surface area (Å²) in [4.78, 5) is 41.4. The first kappa shape index (κ1) is 29.8. The molecule has 0 spiro atoms.